The van der Waals surface area contributed by atoms with Gasteiger partial charge >= 0.3 is 0 Å². The van der Waals surface area contributed by atoms with Crippen molar-refractivity contribution >= 4 is 27.1 Å². The van der Waals surface area contributed by atoms with Gasteiger partial charge in [0.15, 0.2) is 0 Å². The van der Waals surface area contributed by atoms with Crippen LogP contribution in [0.2, 0.25) is 0 Å². The van der Waals surface area contributed by atoms with Crippen LogP contribution in [0, 0.1) is 6.92 Å². The van der Waals surface area contributed by atoms with E-state index in [0.717, 1.165) is 11.3 Å². The smallest absolute Gasteiger partial charge is 0.0152 e. The highest BCUT2D eigenvalue weighted by Crippen LogP contribution is 2.38. The second-order valence-corrected chi connectivity index (χ2v) is 7.47. The summed E-state index contributed by atoms with van der Waals surface area (Å²) < 4.78 is 0. The van der Waals surface area contributed by atoms with Gasteiger partial charge in [-0.3, -0.25) is 0 Å². The van der Waals surface area contributed by atoms with Crippen molar-refractivity contribution in [2.75, 3.05) is 0 Å². The standard InChI is InChI=1S/C24H28S/c1-6-8-9-19(4)21-14-16-23(17-15-21)24(7-2)25-20(5)22-12-10-18(3)11-13-22/h7,10-17H,4-6,8-9H2,1-3H3/b24-7-. The van der Waals surface area contributed by atoms with Crippen molar-refractivity contribution in [3.8, 4) is 0 Å². The molecular formula is C24H28S. The molecule has 2 aromatic carbocycles. The zero-order chi connectivity index (χ0) is 18.2. The summed E-state index contributed by atoms with van der Waals surface area (Å²) in [5, 5.41) is 0. The number of allylic oxidation sites excluding steroid dienone is 2. The molecule has 0 aliphatic rings. The zero-order valence-electron chi connectivity index (χ0n) is 15.6. The van der Waals surface area contributed by atoms with E-state index in [4.69, 9.17) is 0 Å². The van der Waals surface area contributed by atoms with Crippen LogP contribution in [0.25, 0.3) is 15.4 Å². The number of aryl methyl sites for hydroxylation is 1. The molecule has 1 heteroatoms. The largest absolute Gasteiger partial charge is 0.0952 e. The maximum absolute atomic E-state index is 4.26. The lowest BCUT2D eigenvalue weighted by molar-refractivity contribution is 0.825. The highest BCUT2D eigenvalue weighted by molar-refractivity contribution is 8.16. The van der Waals surface area contributed by atoms with E-state index in [0.29, 0.717) is 0 Å². The molecule has 0 amide bonds. The number of thioether (sulfide) groups is 1. The van der Waals surface area contributed by atoms with E-state index in [9.17, 15) is 0 Å². The fourth-order valence-corrected chi connectivity index (χ4v) is 3.51. The van der Waals surface area contributed by atoms with Crippen molar-refractivity contribution in [3.05, 3.63) is 90.0 Å². The molecular weight excluding hydrogens is 320 g/mol. The SMILES string of the molecule is C=C(CCCC)c1ccc(/C(=C/C)SC(=C)c2ccc(C)cc2)cc1. The number of hydrogen-bond acceptors (Lipinski definition) is 1. The molecule has 2 rings (SSSR count). The first-order valence-corrected chi connectivity index (χ1v) is 9.75. The van der Waals surface area contributed by atoms with Crippen LogP contribution >= 0.6 is 11.8 Å². The Bertz CT molecular complexity index is 746. The Labute approximate surface area is 157 Å². The zero-order valence-corrected chi connectivity index (χ0v) is 16.5. The summed E-state index contributed by atoms with van der Waals surface area (Å²) in [7, 11) is 0. The second kappa shape index (κ2) is 9.48. The van der Waals surface area contributed by atoms with E-state index in [1.807, 2.05) is 0 Å². The molecule has 0 N–H and O–H groups in total. The first-order chi connectivity index (χ1) is 12.0. The van der Waals surface area contributed by atoms with Gasteiger partial charge in [0.05, 0.1) is 0 Å². The molecule has 0 radical (unpaired) electrons. The molecule has 0 aromatic heterocycles. The van der Waals surface area contributed by atoms with Gasteiger partial charge in [0, 0.05) is 9.81 Å². The Morgan fingerprint density at radius 2 is 1.48 bits per heavy atom. The van der Waals surface area contributed by atoms with Crippen molar-refractivity contribution in [2.45, 2.75) is 40.0 Å². The van der Waals surface area contributed by atoms with Crippen LogP contribution in [0.4, 0.5) is 0 Å². The Morgan fingerprint density at radius 3 is 2.04 bits per heavy atom. The summed E-state index contributed by atoms with van der Waals surface area (Å²) in [5.74, 6) is 0. The Hall–Kier alpha value is -1.99. The molecule has 0 bridgehead atoms. The highest BCUT2D eigenvalue weighted by Gasteiger charge is 2.07. The van der Waals surface area contributed by atoms with Crippen LogP contribution in [0.5, 0.6) is 0 Å². The lowest BCUT2D eigenvalue weighted by Gasteiger charge is -2.12. The van der Waals surface area contributed by atoms with Crippen LogP contribution in [-0.2, 0) is 0 Å². The first kappa shape index (κ1) is 19.3. The van der Waals surface area contributed by atoms with Crippen LogP contribution in [0.3, 0.4) is 0 Å². The van der Waals surface area contributed by atoms with Gasteiger partial charge in [0.1, 0.15) is 0 Å². The molecule has 0 spiro atoms. The quantitative estimate of drug-likeness (QED) is 0.466. The molecule has 0 aliphatic carbocycles. The molecule has 2 aromatic rings. The minimum absolute atomic E-state index is 1.07. The average Bonchev–Trinajstić information content (AvgIpc) is 2.64. The molecule has 25 heavy (non-hydrogen) atoms. The minimum Gasteiger partial charge on any atom is -0.0952 e. The summed E-state index contributed by atoms with van der Waals surface area (Å²) in [5.41, 5.74) is 6.15. The summed E-state index contributed by atoms with van der Waals surface area (Å²) in [4.78, 5) is 2.31. The lowest BCUT2D eigenvalue weighted by Crippen LogP contribution is -1.87. The van der Waals surface area contributed by atoms with Gasteiger partial charge in [0.2, 0.25) is 0 Å². The van der Waals surface area contributed by atoms with Crippen LogP contribution < -0.4 is 0 Å². The lowest BCUT2D eigenvalue weighted by atomic mass is 10.0. The third kappa shape index (κ3) is 5.51. The fourth-order valence-electron chi connectivity index (χ4n) is 2.62. The van der Waals surface area contributed by atoms with Crippen molar-refractivity contribution in [2.24, 2.45) is 0 Å². The van der Waals surface area contributed by atoms with E-state index in [2.05, 4.69) is 88.5 Å². The minimum atomic E-state index is 1.07. The van der Waals surface area contributed by atoms with Gasteiger partial charge in [-0.1, -0.05) is 98.4 Å². The molecule has 0 fully saturated rings. The summed E-state index contributed by atoms with van der Waals surface area (Å²) in [6, 6.07) is 17.3. The molecule has 0 saturated carbocycles. The van der Waals surface area contributed by atoms with Gasteiger partial charge in [0.25, 0.3) is 0 Å². The van der Waals surface area contributed by atoms with Crippen molar-refractivity contribution in [3.63, 3.8) is 0 Å². The maximum Gasteiger partial charge on any atom is 0.0152 e. The Morgan fingerprint density at radius 1 is 0.920 bits per heavy atom. The van der Waals surface area contributed by atoms with Crippen LogP contribution in [-0.4, -0.2) is 0 Å². The number of rotatable bonds is 8. The fraction of sp³-hybridized carbons (Fsp3) is 0.250. The van der Waals surface area contributed by atoms with Crippen molar-refractivity contribution in [1.29, 1.82) is 0 Å². The van der Waals surface area contributed by atoms with Crippen LogP contribution in [0.1, 0.15) is 55.4 Å². The molecule has 0 atom stereocenters. The van der Waals surface area contributed by atoms with E-state index < -0.39 is 0 Å². The predicted molar refractivity (Wildman–Crippen MR) is 116 cm³/mol. The molecule has 0 heterocycles. The third-order valence-electron chi connectivity index (χ3n) is 4.28. The van der Waals surface area contributed by atoms with Gasteiger partial charge < -0.3 is 0 Å². The Balaban J connectivity index is 2.09. The predicted octanol–water partition coefficient (Wildman–Crippen LogP) is 7.96. The molecule has 0 aliphatic heterocycles. The maximum atomic E-state index is 4.26. The van der Waals surface area contributed by atoms with E-state index >= 15 is 0 Å². The normalized spacial score (nSPS) is 11.4. The van der Waals surface area contributed by atoms with Gasteiger partial charge in [-0.15, -0.1) is 0 Å². The van der Waals surface area contributed by atoms with Gasteiger partial charge in [-0.2, -0.15) is 0 Å². The Kier molecular flexibility index (Phi) is 7.33. The number of benzene rings is 2. The topological polar surface area (TPSA) is 0 Å². The molecule has 0 saturated heterocycles. The molecule has 130 valence electrons. The highest BCUT2D eigenvalue weighted by atomic mass is 32.2. The average molecular weight is 349 g/mol. The third-order valence-corrected chi connectivity index (χ3v) is 5.45. The molecule has 0 nitrogen and oxygen atoms in total. The van der Waals surface area contributed by atoms with Crippen LogP contribution in [0.15, 0.2) is 67.8 Å². The summed E-state index contributed by atoms with van der Waals surface area (Å²) in [6.07, 6.45) is 5.64. The second-order valence-electron chi connectivity index (χ2n) is 6.33. The van der Waals surface area contributed by atoms with Crippen molar-refractivity contribution < 1.29 is 0 Å². The number of unbranched alkanes of at least 4 members (excludes halogenated alkanes) is 1. The summed E-state index contributed by atoms with van der Waals surface area (Å²) in [6.45, 7) is 14.9. The van der Waals surface area contributed by atoms with Crippen molar-refractivity contribution in [1.82, 2.24) is 0 Å². The van der Waals surface area contributed by atoms with E-state index in [1.165, 1.54) is 45.6 Å². The monoisotopic (exact) mass is 348 g/mol. The van der Waals surface area contributed by atoms with E-state index in [1.54, 1.807) is 11.8 Å². The number of hydrogen-bond donors (Lipinski definition) is 0. The summed E-state index contributed by atoms with van der Waals surface area (Å²) >= 11 is 1.73. The van der Waals surface area contributed by atoms with Gasteiger partial charge in [-0.25, -0.2) is 0 Å². The van der Waals surface area contributed by atoms with Gasteiger partial charge in [-0.05, 0) is 49.0 Å². The van der Waals surface area contributed by atoms with E-state index in [-0.39, 0.29) is 0 Å². The first-order valence-electron chi connectivity index (χ1n) is 8.93. The molecule has 0 unspecified atom stereocenters.